The van der Waals surface area contributed by atoms with Crippen LogP contribution in [-0.2, 0) is 9.59 Å². The summed E-state index contributed by atoms with van der Waals surface area (Å²) in [6, 6.07) is -0.546. The number of amides is 1. The zero-order chi connectivity index (χ0) is 10.6. The summed E-state index contributed by atoms with van der Waals surface area (Å²) >= 11 is 0. The molecule has 1 amide bonds. The van der Waals surface area contributed by atoms with Crippen molar-refractivity contribution in [1.82, 2.24) is 10.2 Å². The third kappa shape index (κ3) is 2.70. The van der Waals surface area contributed by atoms with Crippen LogP contribution < -0.4 is 5.32 Å². The number of nitrogens with zero attached hydrogens (tertiary/aromatic N) is 1. The van der Waals surface area contributed by atoms with Crippen LogP contribution in [0.2, 0.25) is 0 Å². The zero-order valence-electron chi connectivity index (χ0n) is 8.32. The lowest BCUT2D eigenvalue weighted by Gasteiger charge is -2.21. The topological polar surface area (TPSA) is 69.6 Å². The van der Waals surface area contributed by atoms with Gasteiger partial charge in [0, 0.05) is 13.1 Å². The van der Waals surface area contributed by atoms with E-state index in [4.69, 9.17) is 5.11 Å². The highest BCUT2D eigenvalue weighted by Crippen LogP contribution is 2.05. The van der Waals surface area contributed by atoms with Gasteiger partial charge in [-0.1, -0.05) is 0 Å². The maximum atomic E-state index is 11.7. The van der Waals surface area contributed by atoms with E-state index in [9.17, 15) is 9.59 Å². The third-order valence-corrected chi connectivity index (χ3v) is 2.37. The molecule has 1 saturated heterocycles. The van der Waals surface area contributed by atoms with E-state index in [2.05, 4.69) is 5.32 Å². The van der Waals surface area contributed by atoms with E-state index in [0.29, 0.717) is 13.1 Å². The SMILES string of the molecule is CCN1CCCNC(CC(=O)O)C1=O. The summed E-state index contributed by atoms with van der Waals surface area (Å²) in [5, 5.41) is 11.6. The first-order valence-corrected chi connectivity index (χ1v) is 4.89. The number of carbonyl (C=O) groups is 2. The van der Waals surface area contributed by atoms with Gasteiger partial charge in [-0.2, -0.15) is 0 Å². The number of aliphatic carboxylic acids is 1. The fourth-order valence-electron chi connectivity index (χ4n) is 1.61. The van der Waals surface area contributed by atoms with Crippen LogP contribution in [0, 0.1) is 0 Å². The summed E-state index contributed by atoms with van der Waals surface area (Å²) < 4.78 is 0. The van der Waals surface area contributed by atoms with E-state index in [1.807, 2.05) is 6.92 Å². The van der Waals surface area contributed by atoms with Gasteiger partial charge in [0.25, 0.3) is 0 Å². The highest BCUT2D eigenvalue weighted by atomic mass is 16.4. The predicted octanol–water partition coefficient (Wildman–Crippen LogP) is -0.328. The fraction of sp³-hybridized carbons (Fsp3) is 0.778. The van der Waals surface area contributed by atoms with Crippen LogP contribution in [0.4, 0.5) is 0 Å². The minimum atomic E-state index is -0.936. The largest absolute Gasteiger partial charge is 0.481 e. The van der Waals surface area contributed by atoms with Crippen molar-refractivity contribution in [3.8, 4) is 0 Å². The Balaban J connectivity index is 2.63. The Hall–Kier alpha value is -1.10. The molecule has 1 aliphatic rings. The lowest BCUT2D eigenvalue weighted by atomic mass is 10.2. The van der Waals surface area contributed by atoms with E-state index >= 15 is 0 Å². The number of carbonyl (C=O) groups excluding carboxylic acids is 1. The smallest absolute Gasteiger partial charge is 0.305 e. The van der Waals surface area contributed by atoms with E-state index in [0.717, 1.165) is 13.0 Å². The lowest BCUT2D eigenvalue weighted by molar-refractivity contribution is -0.142. The molecule has 1 atom stereocenters. The second-order valence-electron chi connectivity index (χ2n) is 3.38. The number of rotatable bonds is 3. The number of likely N-dealkylation sites (N-methyl/N-ethyl adjacent to an activating group) is 1. The van der Waals surface area contributed by atoms with Gasteiger partial charge in [0.05, 0.1) is 12.5 Å². The Labute approximate surface area is 83.1 Å². The molecule has 0 spiro atoms. The molecule has 1 fully saturated rings. The van der Waals surface area contributed by atoms with Gasteiger partial charge in [0.2, 0.25) is 5.91 Å². The molecule has 0 bridgehead atoms. The van der Waals surface area contributed by atoms with Gasteiger partial charge in [-0.05, 0) is 19.9 Å². The first-order valence-electron chi connectivity index (χ1n) is 4.89. The third-order valence-electron chi connectivity index (χ3n) is 2.37. The molecule has 0 radical (unpaired) electrons. The normalized spacial score (nSPS) is 23.4. The molecule has 2 N–H and O–H groups in total. The van der Waals surface area contributed by atoms with Crippen molar-refractivity contribution in [2.45, 2.75) is 25.8 Å². The van der Waals surface area contributed by atoms with Crippen molar-refractivity contribution in [2.24, 2.45) is 0 Å². The first kappa shape index (κ1) is 11.0. The molecular weight excluding hydrogens is 184 g/mol. The van der Waals surface area contributed by atoms with Crippen molar-refractivity contribution in [3.05, 3.63) is 0 Å². The van der Waals surface area contributed by atoms with E-state index in [1.54, 1.807) is 4.90 Å². The van der Waals surface area contributed by atoms with Gasteiger partial charge >= 0.3 is 5.97 Å². The standard InChI is InChI=1S/C9H16N2O3/c1-2-11-5-3-4-10-7(9(11)14)6-8(12)13/h7,10H,2-6H2,1H3,(H,12,13). The molecular formula is C9H16N2O3. The second kappa shape index (κ2) is 4.95. The average molecular weight is 200 g/mol. The molecule has 80 valence electrons. The molecule has 1 unspecified atom stereocenters. The Bertz CT molecular complexity index is 230. The minimum Gasteiger partial charge on any atom is -0.481 e. The second-order valence-corrected chi connectivity index (χ2v) is 3.38. The Morgan fingerprint density at radius 3 is 3.00 bits per heavy atom. The molecule has 14 heavy (non-hydrogen) atoms. The number of nitrogens with one attached hydrogen (secondary N) is 1. The van der Waals surface area contributed by atoms with Crippen molar-refractivity contribution in [1.29, 1.82) is 0 Å². The van der Waals surface area contributed by atoms with Crippen LogP contribution in [0.5, 0.6) is 0 Å². The Morgan fingerprint density at radius 2 is 2.43 bits per heavy atom. The Kier molecular flexibility index (Phi) is 3.88. The number of hydrogen-bond donors (Lipinski definition) is 2. The molecule has 0 aromatic rings. The first-order chi connectivity index (χ1) is 6.65. The van der Waals surface area contributed by atoms with Crippen molar-refractivity contribution in [3.63, 3.8) is 0 Å². The van der Waals surface area contributed by atoms with Crippen LogP contribution in [0.3, 0.4) is 0 Å². The summed E-state index contributed by atoms with van der Waals surface area (Å²) in [5.41, 5.74) is 0. The number of carboxylic acids is 1. The highest BCUT2D eigenvalue weighted by Gasteiger charge is 2.27. The number of hydrogen-bond acceptors (Lipinski definition) is 3. The summed E-state index contributed by atoms with van der Waals surface area (Å²) in [4.78, 5) is 23.9. The average Bonchev–Trinajstić information content (AvgIpc) is 2.29. The van der Waals surface area contributed by atoms with E-state index in [1.165, 1.54) is 0 Å². The van der Waals surface area contributed by atoms with Crippen LogP contribution in [-0.4, -0.2) is 47.6 Å². The van der Waals surface area contributed by atoms with Crippen LogP contribution in [0.1, 0.15) is 19.8 Å². The van der Waals surface area contributed by atoms with Gasteiger partial charge in [-0.3, -0.25) is 9.59 Å². The van der Waals surface area contributed by atoms with E-state index < -0.39 is 12.0 Å². The van der Waals surface area contributed by atoms with Gasteiger partial charge in [-0.15, -0.1) is 0 Å². The van der Waals surface area contributed by atoms with E-state index in [-0.39, 0.29) is 12.3 Å². The van der Waals surface area contributed by atoms with Crippen molar-refractivity contribution < 1.29 is 14.7 Å². The van der Waals surface area contributed by atoms with Crippen molar-refractivity contribution >= 4 is 11.9 Å². The molecule has 1 aliphatic heterocycles. The molecule has 0 aliphatic carbocycles. The van der Waals surface area contributed by atoms with Crippen molar-refractivity contribution in [2.75, 3.05) is 19.6 Å². The van der Waals surface area contributed by atoms with Gasteiger partial charge < -0.3 is 15.3 Å². The molecule has 5 nitrogen and oxygen atoms in total. The molecule has 0 aromatic carbocycles. The molecule has 0 aromatic heterocycles. The fourth-order valence-corrected chi connectivity index (χ4v) is 1.61. The summed E-state index contributed by atoms with van der Waals surface area (Å²) in [6.07, 6.45) is 0.755. The van der Waals surface area contributed by atoms with Crippen LogP contribution in [0.25, 0.3) is 0 Å². The summed E-state index contributed by atoms with van der Waals surface area (Å²) in [7, 11) is 0. The summed E-state index contributed by atoms with van der Waals surface area (Å²) in [6.45, 7) is 3.98. The monoisotopic (exact) mass is 200 g/mol. The van der Waals surface area contributed by atoms with Gasteiger partial charge in [0.15, 0.2) is 0 Å². The highest BCUT2D eigenvalue weighted by molar-refractivity contribution is 5.86. The maximum absolute atomic E-state index is 11.7. The molecule has 0 saturated carbocycles. The molecule has 5 heteroatoms. The molecule has 1 heterocycles. The lowest BCUT2D eigenvalue weighted by Crippen LogP contribution is -2.44. The van der Waals surface area contributed by atoms with Crippen LogP contribution in [0.15, 0.2) is 0 Å². The minimum absolute atomic E-state index is 0.0904. The maximum Gasteiger partial charge on any atom is 0.305 e. The predicted molar refractivity (Wildman–Crippen MR) is 50.9 cm³/mol. The quantitative estimate of drug-likeness (QED) is 0.654. The summed E-state index contributed by atoms with van der Waals surface area (Å²) in [5.74, 6) is -1.03. The molecule has 1 rings (SSSR count). The van der Waals surface area contributed by atoms with Gasteiger partial charge in [-0.25, -0.2) is 0 Å². The van der Waals surface area contributed by atoms with Gasteiger partial charge in [0.1, 0.15) is 0 Å². The zero-order valence-corrected chi connectivity index (χ0v) is 8.32. The Morgan fingerprint density at radius 1 is 1.71 bits per heavy atom. The van der Waals surface area contributed by atoms with Crippen LogP contribution >= 0.6 is 0 Å². The number of carboxylic acid groups (broad SMARTS) is 1.